The third kappa shape index (κ3) is 3.50. The van der Waals surface area contributed by atoms with E-state index in [0.29, 0.717) is 11.7 Å². The molecule has 0 amide bonds. The fraction of sp³-hybridized carbons (Fsp3) is 0.333. The summed E-state index contributed by atoms with van der Waals surface area (Å²) in [6.45, 7) is 0. The lowest BCUT2D eigenvalue weighted by Gasteiger charge is -2.22. The zero-order chi connectivity index (χ0) is 15.4. The lowest BCUT2D eigenvalue weighted by molar-refractivity contribution is 0.443. The van der Waals surface area contributed by atoms with Gasteiger partial charge in [-0.1, -0.05) is 49.6 Å². The standard InChI is InChI=1S/C18H20O3S/c19-22(20,18-9-5-2-6-10-18)21-17-13-11-16(12-14-17)15-7-3-1-4-8-15/h2,5-6,9-15H,1,3-4,7-8H2. The van der Waals surface area contributed by atoms with Crippen LogP contribution in [0.4, 0.5) is 0 Å². The summed E-state index contributed by atoms with van der Waals surface area (Å²) in [4.78, 5) is 0.173. The Bertz CT molecular complexity index is 700. The fourth-order valence-electron chi connectivity index (χ4n) is 2.99. The van der Waals surface area contributed by atoms with Crippen molar-refractivity contribution in [2.24, 2.45) is 0 Å². The highest BCUT2D eigenvalue weighted by atomic mass is 32.2. The van der Waals surface area contributed by atoms with Crippen LogP contribution in [0.1, 0.15) is 43.6 Å². The first-order valence-electron chi connectivity index (χ1n) is 7.75. The molecule has 0 aliphatic heterocycles. The highest BCUT2D eigenvalue weighted by Gasteiger charge is 2.18. The summed E-state index contributed by atoms with van der Waals surface area (Å²) in [6.07, 6.45) is 6.34. The van der Waals surface area contributed by atoms with E-state index in [1.54, 1.807) is 30.3 Å². The smallest absolute Gasteiger partial charge is 0.339 e. The molecule has 1 aliphatic carbocycles. The van der Waals surface area contributed by atoms with Crippen molar-refractivity contribution in [3.05, 3.63) is 60.2 Å². The van der Waals surface area contributed by atoms with E-state index in [-0.39, 0.29) is 4.90 Å². The number of hydrogen-bond acceptors (Lipinski definition) is 3. The molecule has 0 heterocycles. The van der Waals surface area contributed by atoms with Crippen molar-refractivity contribution in [3.8, 4) is 5.75 Å². The Morgan fingerprint density at radius 3 is 2.09 bits per heavy atom. The summed E-state index contributed by atoms with van der Waals surface area (Å²) in [6, 6.07) is 15.7. The topological polar surface area (TPSA) is 43.4 Å². The maximum atomic E-state index is 12.2. The molecule has 0 radical (unpaired) electrons. The molecule has 0 aromatic heterocycles. The zero-order valence-electron chi connectivity index (χ0n) is 12.4. The van der Waals surface area contributed by atoms with Crippen molar-refractivity contribution in [2.45, 2.75) is 42.9 Å². The van der Waals surface area contributed by atoms with Crippen LogP contribution in [0.15, 0.2) is 59.5 Å². The van der Waals surface area contributed by atoms with Crippen LogP contribution in [0.5, 0.6) is 5.75 Å². The minimum absolute atomic E-state index is 0.173. The first kappa shape index (κ1) is 15.1. The SMILES string of the molecule is O=S(=O)(Oc1ccc(C2CCCCC2)cc1)c1ccccc1. The van der Waals surface area contributed by atoms with Gasteiger partial charge >= 0.3 is 10.1 Å². The molecule has 0 N–H and O–H groups in total. The second-order valence-corrected chi connectivity index (χ2v) is 7.30. The Labute approximate surface area is 132 Å². The van der Waals surface area contributed by atoms with Crippen molar-refractivity contribution in [1.82, 2.24) is 0 Å². The summed E-state index contributed by atoms with van der Waals surface area (Å²) in [7, 11) is -3.75. The van der Waals surface area contributed by atoms with Crippen LogP contribution in [0, 0.1) is 0 Å². The molecule has 116 valence electrons. The average molecular weight is 316 g/mol. The van der Waals surface area contributed by atoms with E-state index in [0.717, 1.165) is 0 Å². The van der Waals surface area contributed by atoms with Crippen molar-refractivity contribution in [3.63, 3.8) is 0 Å². The minimum atomic E-state index is -3.75. The van der Waals surface area contributed by atoms with E-state index in [1.165, 1.54) is 49.8 Å². The van der Waals surface area contributed by atoms with Crippen LogP contribution < -0.4 is 4.18 Å². The van der Waals surface area contributed by atoms with Crippen molar-refractivity contribution in [1.29, 1.82) is 0 Å². The summed E-state index contributed by atoms with van der Waals surface area (Å²) in [5.74, 6) is 0.969. The van der Waals surface area contributed by atoms with Crippen LogP contribution in [0.2, 0.25) is 0 Å². The maximum Gasteiger partial charge on any atom is 0.339 e. The van der Waals surface area contributed by atoms with Crippen LogP contribution in [-0.2, 0) is 10.1 Å². The first-order valence-corrected chi connectivity index (χ1v) is 9.15. The largest absolute Gasteiger partial charge is 0.379 e. The van der Waals surface area contributed by atoms with Crippen LogP contribution >= 0.6 is 0 Å². The second kappa shape index (κ2) is 6.53. The van der Waals surface area contributed by atoms with Crippen LogP contribution in [0.3, 0.4) is 0 Å². The maximum absolute atomic E-state index is 12.2. The Morgan fingerprint density at radius 1 is 0.818 bits per heavy atom. The molecule has 0 atom stereocenters. The van der Waals surface area contributed by atoms with E-state index >= 15 is 0 Å². The van der Waals surface area contributed by atoms with Gasteiger partial charge in [-0.25, -0.2) is 0 Å². The summed E-state index contributed by atoms with van der Waals surface area (Å²) in [5.41, 5.74) is 1.28. The van der Waals surface area contributed by atoms with E-state index in [1.807, 2.05) is 12.1 Å². The van der Waals surface area contributed by atoms with Crippen molar-refractivity contribution < 1.29 is 12.6 Å². The fourth-order valence-corrected chi connectivity index (χ4v) is 3.94. The highest BCUT2D eigenvalue weighted by Crippen LogP contribution is 2.33. The quantitative estimate of drug-likeness (QED) is 0.780. The van der Waals surface area contributed by atoms with Gasteiger partial charge in [0.2, 0.25) is 0 Å². The molecule has 1 aliphatic rings. The van der Waals surface area contributed by atoms with Gasteiger partial charge in [-0.3, -0.25) is 0 Å². The number of rotatable bonds is 4. The normalized spacial score (nSPS) is 16.4. The van der Waals surface area contributed by atoms with Crippen LogP contribution in [0.25, 0.3) is 0 Å². The van der Waals surface area contributed by atoms with Gasteiger partial charge in [-0.15, -0.1) is 0 Å². The van der Waals surface area contributed by atoms with Gasteiger partial charge in [0.05, 0.1) is 0 Å². The van der Waals surface area contributed by atoms with Gasteiger partial charge in [0, 0.05) is 0 Å². The second-order valence-electron chi connectivity index (χ2n) is 5.75. The third-order valence-corrected chi connectivity index (χ3v) is 5.46. The van der Waals surface area contributed by atoms with Gasteiger partial charge < -0.3 is 4.18 Å². The molecule has 0 unspecified atom stereocenters. The Morgan fingerprint density at radius 2 is 1.45 bits per heavy atom. The van der Waals surface area contributed by atoms with E-state index in [2.05, 4.69) is 0 Å². The monoisotopic (exact) mass is 316 g/mol. The molecule has 0 saturated heterocycles. The van der Waals surface area contributed by atoms with Gasteiger partial charge in [-0.05, 0) is 48.6 Å². The first-order chi connectivity index (χ1) is 10.6. The molecule has 1 saturated carbocycles. The zero-order valence-corrected chi connectivity index (χ0v) is 13.3. The average Bonchev–Trinajstić information content (AvgIpc) is 2.57. The molecule has 0 bridgehead atoms. The van der Waals surface area contributed by atoms with Crippen molar-refractivity contribution in [2.75, 3.05) is 0 Å². The predicted molar refractivity (Wildman–Crippen MR) is 86.5 cm³/mol. The van der Waals surface area contributed by atoms with E-state index < -0.39 is 10.1 Å². The Kier molecular flexibility index (Phi) is 4.48. The number of benzene rings is 2. The molecule has 3 nitrogen and oxygen atoms in total. The molecule has 4 heteroatoms. The molecule has 2 aromatic carbocycles. The van der Waals surface area contributed by atoms with Crippen LogP contribution in [-0.4, -0.2) is 8.42 Å². The van der Waals surface area contributed by atoms with E-state index in [4.69, 9.17) is 4.18 Å². The summed E-state index contributed by atoms with van der Waals surface area (Å²) >= 11 is 0. The molecule has 22 heavy (non-hydrogen) atoms. The molecular formula is C18H20O3S. The Hall–Kier alpha value is -1.81. The molecule has 1 fully saturated rings. The molecular weight excluding hydrogens is 296 g/mol. The summed E-state index contributed by atoms with van der Waals surface area (Å²) in [5, 5.41) is 0. The van der Waals surface area contributed by atoms with Gasteiger partial charge in [0.1, 0.15) is 10.6 Å². The summed E-state index contributed by atoms with van der Waals surface area (Å²) < 4.78 is 29.5. The van der Waals surface area contributed by atoms with E-state index in [9.17, 15) is 8.42 Å². The van der Waals surface area contributed by atoms with Crippen molar-refractivity contribution >= 4 is 10.1 Å². The molecule has 0 spiro atoms. The molecule has 2 aromatic rings. The van der Waals surface area contributed by atoms with Gasteiger partial charge in [0.15, 0.2) is 0 Å². The number of hydrogen-bond donors (Lipinski definition) is 0. The van der Waals surface area contributed by atoms with Gasteiger partial charge in [0.25, 0.3) is 0 Å². The predicted octanol–water partition coefficient (Wildman–Crippen LogP) is 4.50. The minimum Gasteiger partial charge on any atom is -0.379 e. The lowest BCUT2D eigenvalue weighted by atomic mass is 9.84. The Balaban J connectivity index is 1.73. The highest BCUT2D eigenvalue weighted by molar-refractivity contribution is 7.87. The third-order valence-electron chi connectivity index (χ3n) is 4.19. The molecule has 3 rings (SSSR count). The lowest BCUT2D eigenvalue weighted by Crippen LogP contribution is -2.10. The van der Waals surface area contributed by atoms with Gasteiger partial charge in [-0.2, -0.15) is 8.42 Å².